The van der Waals surface area contributed by atoms with Gasteiger partial charge in [-0.05, 0) is 67.0 Å². The lowest BCUT2D eigenvalue weighted by atomic mass is 10.2. The van der Waals surface area contributed by atoms with Crippen LogP contribution in [0.4, 0.5) is 0 Å². The predicted octanol–water partition coefficient (Wildman–Crippen LogP) is 3.42. The first-order valence-electron chi connectivity index (χ1n) is 17.2. The smallest absolute Gasteiger partial charge is 0.249 e. The fourth-order valence-corrected chi connectivity index (χ4v) is 3.72. The highest BCUT2D eigenvalue weighted by Crippen LogP contribution is 2.01. The largest absolute Gasteiger partial charge is 0.396 e. The van der Waals surface area contributed by atoms with Crippen LogP contribution in [0.1, 0.15) is 26.7 Å². The van der Waals surface area contributed by atoms with Crippen molar-refractivity contribution < 1.29 is 29.4 Å². The molecule has 0 saturated heterocycles. The third-order valence-electron chi connectivity index (χ3n) is 6.48. The summed E-state index contributed by atoms with van der Waals surface area (Å²) in [7, 11) is 7.92. The summed E-state index contributed by atoms with van der Waals surface area (Å²) in [6.45, 7) is 38.4. The van der Waals surface area contributed by atoms with Gasteiger partial charge in [0.15, 0.2) is 0 Å². The van der Waals surface area contributed by atoms with Crippen molar-refractivity contribution in [1.82, 2.24) is 29.4 Å². The van der Waals surface area contributed by atoms with Crippen molar-refractivity contribution >= 4 is 23.6 Å². The Hall–Kier alpha value is -4.36. The minimum Gasteiger partial charge on any atom is -0.396 e. The number of likely N-dealkylation sites (N-methyl/N-ethyl adjacent to an activating group) is 2. The highest BCUT2D eigenvalue weighted by Gasteiger charge is 2.13. The molecule has 0 aromatic rings. The second-order valence-electron chi connectivity index (χ2n) is 12.0. The molecule has 12 nitrogen and oxygen atoms in total. The van der Waals surface area contributed by atoms with E-state index < -0.39 is 0 Å². The maximum Gasteiger partial charge on any atom is 0.249 e. The first kappa shape index (κ1) is 54.4. The molecule has 0 unspecified atom stereocenters. The summed E-state index contributed by atoms with van der Waals surface area (Å²) < 4.78 is 0. The molecule has 0 bridgehead atoms. The van der Waals surface area contributed by atoms with Gasteiger partial charge in [-0.2, -0.15) is 0 Å². The molecular formula is C40H70N6O6. The maximum absolute atomic E-state index is 11.6. The monoisotopic (exact) mass is 731 g/mol. The highest BCUT2D eigenvalue weighted by atomic mass is 16.3. The molecule has 0 aliphatic heterocycles. The number of carbonyl (C=O) groups is 4. The topological polar surface area (TPSA) is 128 Å². The third-order valence-corrected chi connectivity index (χ3v) is 6.48. The van der Waals surface area contributed by atoms with E-state index in [0.29, 0.717) is 76.3 Å². The van der Waals surface area contributed by atoms with E-state index in [-0.39, 0.29) is 36.8 Å². The molecule has 2 N–H and O–H groups in total. The molecule has 52 heavy (non-hydrogen) atoms. The standard InChI is InChI=1S/C11H20N2O.C10H18N2O.C10H17NO2.C9H15NO2/c1-6-7-13(9-8-12(4)5)11(14)10(2)3;1-5-7-12(10(13)6-2)9-8-11(3)4;1-4-6-11(7-5-8-12)10(13)9(2)3;1-3-6-10(7-5-8-11)9(12)4-2/h6H,1-2,7-9H2,3-5H3;5-6H,1-2,7-9H2,3-4H3;4,12H,1-2,5-8H2,3H3;3-4,11H,1-2,5-8H2. The van der Waals surface area contributed by atoms with Crippen molar-refractivity contribution in [2.24, 2.45) is 0 Å². The minimum absolute atomic E-state index is 0.00625. The number of hydrogen-bond donors (Lipinski definition) is 2. The highest BCUT2D eigenvalue weighted by molar-refractivity contribution is 5.92. The molecule has 0 spiro atoms. The van der Waals surface area contributed by atoms with Crippen LogP contribution in [-0.2, 0) is 19.2 Å². The van der Waals surface area contributed by atoms with E-state index in [9.17, 15) is 19.2 Å². The fourth-order valence-electron chi connectivity index (χ4n) is 3.72. The van der Waals surface area contributed by atoms with E-state index in [4.69, 9.17) is 10.2 Å². The summed E-state index contributed by atoms with van der Waals surface area (Å²) in [6, 6.07) is 0. The van der Waals surface area contributed by atoms with E-state index in [2.05, 4.69) is 52.6 Å². The number of aliphatic hydroxyl groups excluding tert-OH is 2. The lowest BCUT2D eigenvalue weighted by molar-refractivity contribution is -0.127. The number of amides is 4. The van der Waals surface area contributed by atoms with E-state index in [0.717, 1.165) is 13.1 Å². The molecule has 0 aromatic heterocycles. The quantitative estimate of drug-likeness (QED) is 0.114. The normalized spacial score (nSPS) is 9.58. The molecule has 0 rings (SSSR count). The van der Waals surface area contributed by atoms with Gasteiger partial charge >= 0.3 is 0 Å². The Morgan fingerprint density at radius 2 is 0.750 bits per heavy atom. The number of nitrogens with zero attached hydrogens (tertiary/aromatic N) is 6. The molecular weight excluding hydrogens is 660 g/mol. The van der Waals surface area contributed by atoms with Crippen molar-refractivity contribution in [1.29, 1.82) is 0 Å². The second kappa shape index (κ2) is 36.4. The molecule has 4 amide bonds. The number of hydrogen-bond acceptors (Lipinski definition) is 8. The molecule has 0 aromatic carbocycles. The zero-order valence-electron chi connectivity index (χ0n) is 33.2. The van der Waals surface area contributed by atoms with Crippen LogP contribution in [0.2, 0.25) is 0 Å². The van der Waals surface area contributed by atoms with Crippen LogP contribution in [0.3, 0.4) is 0 Å². The van der Waals surface area contributed by atoms with Gasteiger partial charge in [0.05, 0.1) is 0 Å². The van der Waals surface area contributed by atoms with Crippen LogP contribution < -0.4 is 0 Å². The van der Waals surface area contributed by atoms with Crippen molar-refractivity contribution in [3.05, 3.63) is 100 Å². The molecule has 296 valence electrons. The van der Waals surface area contributed by atoms with Gasteiger partial charge in [-0.3, -0.25) is 19.2 Å². The zero-order chi connectivity index (χ0) is 41.1. The third kappa shape index (κ3) is 31.6. The van der Waals surface area contributed by atoms with Crippen molar-refractivity contribution in [3.8, 4) is 0 Å². The summed E-state index contributed by atoms with van der Waals surface area (Å²) in [5, 5.41) is 17.2. The second-order valence-corrected chi connectivity index (χ2v) is 12.0. The van der Waals surface area contributed by atoms with Crippen LogP contribution in [0, 0.1) is 0 Å². The van der Waals surface area contributed by atoms with Crippen LogP contribution in [0.5, 0.6) is 0 Å². The minimum atomic E-state index is -0.122. The van der Waals surface area contributed by atoms with Gasteiger partial charge in [0.1, 0.15) is 0 Å². The van der Waals surface area contributed by atoms with Gasteiger partial charge in [0.25, 0.3) is 0 Å². The van der Waals surface area contributed by atoms with Gasteiger partial charge < -0.3 is 39.6 Å². The summed E-state index contributed by atoms with van der Waals surface area (Å²) in [5.41, 5.74) is 1.09. The molecule has 0 aliphatic rings. The van der Waals surface area contributed by atoms with Crippen molar-refractivity contribution in [2.45, 2.75) is 26.7 Å². The summed E-state index contributed by atoms with van der Waals surface area (Å²) in [5.74, 6) is -0.231. The Morgan fingerprint density at radius 1 is 0.481 bits per heavy atom. The average molecular weight is 731 g/mol. The number of aliphatic hydroxyl groups is 2. The predicted molar refractivity (Wildman–Crippen MR) is 218 cm³/mol. The summed E-state index contributed by atoms with van der Waals surface area (Å²) in [6.07, 6.45) is 10.5. The van der Waals surface area contributed by atoms with Crippen LogP contribution >= 0.6 is 0 Å². The average Bonchev–Trinajstić information content (AvgIpc) is 3.11. The molecule has 0 fully saturated rings. The Labute approximate surface area is 315 Å². The molecule has 0 saturated carbocycles. The first-order valence-corrected chi connectivity index (χ1v) is 17.2. The van der Waals surface area contributed by atoms with Gasteiger partial charge in [-0.1, -0.05) is 50.6 Å². The first-order chi connectivity index (χ1) is 24.5. The van der Waals surface area contributed by atoms with Crippen LogP contribution in [0.15, 0.2) is 100 Å². The zero-order valence-corrected chi connectivity index (χ0v) is 33.2. The molecule has 0 radical (unpaired) electrons. The van der Waals surface area contributed by atoms with Crippen LogP contribution in [-0.4, -0.2) is 170 Å². The van der Waals surface area contributed by atoms with E-state index in [1.165, 1.54) is 12.2 Å². The number of carbonyl (C=O) groups excluding carboxylic acids is 4. The van der Waals surface area contributed by atoms with E-state index >= 15 is 0 Å². The Bertz CT molecular complexity index is 1120. The fraction of sp³-hybridized carbons (Fsp3) is 0.500. The SMILES string of the molecule is C=CCN(CCCO)C(=O)C(=C)C.C=CCN(CCCO)C(=O)C=C.C=CCN(CCN(C)C)C(=O)C(=C)C.C=CCN(CCN(C)C)C(=O)C=C. The summed E-state index contributed by atoms with van der Waals surface area (Å²) >= 11 is 0. The Kier molecular flexibility index (Phi) is 38.1. The van der Waals surface area contributed by atoms with Crippen molar-refractivity contribution in [3.63, 3.8) is 0 Å². The van der Waals surface area contributed by atoms with Gasteiger partial charge in [0.2, 0.25) is 23.6 Å². The van der Waals surface area contributed by atoms with Gasteiger partial charge in [0, 0.05) is 89.8 Å². The Morgan fingerprint density at radius 3 is 1.02 bits per heavy atom. The van der Waals surface area contributed by atoms with E-state index in [1.54, 1.807) is 57.8 Å². The van der Waals surface area contributed by atoms with Crippen LogP contribution in [0.25, 0.3) is 0 Å². The molecule has 0 aliphatic carbocycles. The molecule has 0 atom stereocenters. The lowest BCUT2D eigenvalue weighted by Crippen LogP contribution is -2.37. The molecule has 12 heteroatoms. The Balaban J connectivity index is -0.000000296. The van der Waals surface area contributed by atoms with E-state index in [1.807, 2.05) is 38.0 Å². The number of rotatable bonds is 24. The van der Waals surface area contributed by atoms with Gasteiger partial charge in [-0.15, -0.1) is 26.3 Å². The molecule has 0 heterocycles. The van der Waals surface area contributed by atoms with Gasteiger partial charge in [-0.25, -0.2) is 0 Å². The lowest BCUT2D eigenvalue weighted by Gasteiger charge is -2.23. The van der Waals surface area contributed by atoms with Crippen molar-refractivity contribution in [2.75, 3.05) is 107 Å². The summed E-state index contributed by atoms with van der Waals surface area (Å²) in [4.78, 5) is 56.1. The maximum atomic E-state index is 11.6.